The Labute approximate surface area is 127 Å². The van der Waals surface area contributed by atoms with Gasteiger partial charge in [-0.25, -0.2) is 9.97 Å². The SMILES string of the molecule is COc1cc(CCc2cnc3nc[nH]c3c2)cc2c1OCO2. The van der Waals surface area contributed by atoms with E-state index in [4.69, 9.17) is 14.2 Å². The number of nitrogens with one attached hydrogen (secondary N) is 1. The van der Waals surface area contributed by atoms with Crippen LogP contribution in [0, 0.1) is 0 Å². The summed E-state index contributed by atoms with van der Waals surface area (Å²) in [5.41, 5.74) is 4.01. The number of methoxy groups -OCH3 is 1. The van der Waals surface area contributed by atoms with Crippen molar-refractivity contribution in [1.82, 2.24) is 15.0 Å². The molecule has 6 nitrogen and oxygen atoms in total. The van der Waals surface area contributed by atoms with Crippen molar-refractivity contribution in [3.63, 3.8) is 0 Å². The largest absolute Gasteiger partial charge is 0.493 e. The van der Waals surface area contributed by atoms with Crippen LogP contribution in [-0.4, -0.2) is 28.9 Å². The number of aryl methyl sites for hydroxylation is 2. The second-order valence-electron chi connectivity index (χ2n) is 5.15. The summed E-state index contributed by atoms with van der Waals surface area (Å²) in [6.45, 7) is 0.246. The van der Waals surface area contributed by atoms with Gasteiger partial charge < -0.3 is 19.2 Å². The van der Waals surface area contributed by atoms with Crippen LogP contribution in [0.4, 0.5) is 0 Å². The first-order valence-electron chi connectivity index (χ1n) is 7.08. The van der Waals surface area contributed by atoms with E-state index in [1.54, 1.807) is 13.4 Å². The molecule has 112 valence electrons. The van der Waals surface area contributed by atoms with Gasteiger partial charge in [-0.1, -0.05) is 0 Å². The fraction of sp³-hybridized carbons (Fsp3) is 0.250. The van der Waals surface area contributed by atoms with Crippen LogP contribution < -0.4 is 14.2 Å². The van der Waals surface area contributed by atoms with Gasteiger partial charge in [0.1, 0.15) is 0 Å². The molecule has 0 radical (unpaired) electrons. The number of H-pyrrole nitrogens is 1. The molecule has 1 N–H and O–H groups in total. The van der Waals surface area contributed by atoms with Crippen molar-refractivity contribution < 1.29 is 14.2 Å². The van der Waals surface area contributed by atoms with Gasteiger partial charge >= 0.3 is 0 Å². The molecule has 3 heterocycles. The maximum absolute atomic E-state index is 5.45. The zero-order valence-electron chi connectivity index (χ0n) is 12.1. The Morgan fingerprint density at radius 1 is 1.14 bits per heavy atom. The highest BCUT2D eigenvalue weighted by Crippen LogP contribution is 2.42. The van der Waals surface area contributed by atoms with Crippen molar-refractivity contribution in [2.75, 3.05) is 13.9 Å². The zero-order chi connectivity index (χ0) is 14.9. The van der Waals surface area contributed by atoms with Gasteiger partial charge in [0.15, 0.2) is 17.1 Å². The number of imidazole rings is 1. The van der Waals surface area contributed by atoms with Gasteiger partial charge in [-0.05, 0) is 42.2 Å². The first kappa shape index (κ1) is 12.9. The van der Waals surface area contributed by atoms with Gasteiger partial charge in [-0.2, -0.15) is 0 Å². The van der Waals surface area contributed by atoms with E-state index in [-0.39, 0.29) is 6.79 Å². The van der Waals surface area contributed by atoms with E-state index < -0.39 is 0 Å². The van der Waals surface area contributed by atoms with E-state index in [1.165, 1.54) is 0 Å². The monoisotopic (exact) mass is 297 g/mol. The number of rotatable bonds is 4. The van der Waals surface area contributed by atoms with Gasteiger partial charge in [0.2, 0.25) is 12.5 Å². The molecule has 0 amide bonds. The zero-order valence-corrected chi connectivity index (χ0v) is 12.1. The van der Waals surface area contributed by atoms with Gasteiger partial charge in [-0.3, -0.25) is 0 Å². The number of nitrogens with zero attached hydrogens (tertiary/aromatic N) is 2. The van der Waals surface area contributed by atoms with Crippen molar-refractivity contribution in [3.05, 3.63) is 41.9 Å². The molecule has 22 heavy (non-hydrogen) atoms. The molecule has 2 aromatic heterocycles. The summed E-state index contributed by atoms with van der Waals surface area (Å²) < 4.78 is 16.2. The molecule has 4 rings (SSSR count). The number of pyridine rings is 1. The third-order valence-electron chi connectivity index (χ3n) is 3.75. The van der Waals surface area contributed by atoms with Gasteiger partial charge in [-0.15, -0.1) is 0 Å². The predicted octanol–water partition coefficient (Wildman–Crippen LogP) is 2.48. The molecule has 3 aromatic rings. The number of benzene rings is 1. The third-order valence-corrected chi connectivity index (χ3v) is 3.75. The molecule has 0 spiro atoms. The minimum atomic E-state index is 0.246. The van der Waals surface area contributed by atoms with Crippen LogP contribution in [0.25, 0.3) is 11.2 Å². The van der Waals surface area contributed by atoms with E-state index in [2.05, 4.69) is 21.0 Å². The van der Waals surface area contributed by atoms with E-state index >= 15 is 0 Å². The van der Waals surface area contributed by atoms with E-state index in [9.17, 15) is 0 Å². The summed E-state index contributed by atoms with van der Waals surface area (Å²) in [6, 6.07) is 6.09. The molecule has 0 bridgehead atoms. The number of fused-ring (bicyclic) bond motifs is 2. The molecule has 0 fully saturated rings. The molecule has 0 atom stereocenters. The number of ether oxygens (including phenoxy) is 3. The van der Waals surface area contributed by atoms with Crippen LogP contribution in [0.1, 0.15) is 11.1 Å². The summed E-state index contributed by atoms with van der Waals surface area (Å²) in [4.78, 5) is 11.5. The number of aromatic amines is 1. The number of aromatic nitrogens is 3. The van der Waals surface area contributed by atoms with Crippen LogP contribution >= 0.6 is 0 Å². The molecule has 0 aliphatic carbocycles. The highest BCUT2D eigenvalue weighted by atomic mass is 16.7. The minimum Gasteiger partial charge on any atom is -0.493 e. The molecule has 0 unspecified atom stereocenters. The highest BCUT2D eigenvalue weighted by Gasteiger charge is 2.19. The third kappa shape index (κ3) is 2.22. The first-order valence-corrected chi connectivity index (χ1v) is 7.08. The fourth-order valence-corrected chi connectivity index (χ4v) is 2.63. The fourth-order valence-electron chi connectivity index (χ4n) is 2.63. The van der Waals surface area contributed by atoms with Crippen molar-refractivity contribution >= 4 is 11.2 Å². The lowest BCUT2D eigenvalue weighted by Gasteiger charge is -2.08. The van der Waals surface area contributed by atoms with Gasteiger partial charge in [0.05, 0.1) is 19.0 Å². The standard InChI is InChI=1S/C16H15N3O3/c1-20-13-5-10(6-14-15(13)22-9-21-14)2-3-11-4-12-16(17-7-11)19-8-18-12/h4-8H,2-3,9H2,1H3,(H,17,18,19). The lowest BCUT2D eigenvalue weighted by Crippen LogP contribution is -1.95. The Bertz CT molecular complexity index is 829. The quantitative estimate of drug-likeness (QED) is 0.801. The number of hydrogen-bond donors (Lipinski definition) is 1. The summed E-state index contributed by atoms with van der Waals surface area (Å²) >= 11 is 0. The smallest absolute Gasteiger partial charge is 0.231 e. The second kappa shape index (κ2) is 5.22. The average Bonchev–Trinajstić information content (AvgIpc) is 3.20. The molecule has 1 aliphatic rings. The van der Waals surface area contributed by atoms with Crippen LogP contribution in [0.5, 0.6) is 17.2 Å². The molecular weight excluding hydrogens is 282 g/mol. The Balaban J connectivity index is 1.56. The van der Waals surface area contributed by atoms with Crippen molar-refractivity contribution in [2.24, 2.45) is 0 Å². The molecule has 1 aliphatic heterocycles. The molecule has 0 saturated heterocycles. The topological polar surface area (TPSA) is 69.3 Å². The lowest BCUT2D eigenvalue weighted by molar-refractivity contribution is 0.171. The first-order chi connectivity index (χ1) is 10.8. The van der Waals surface area contributed by atoms with Gasteiger partial charge in [0, 0.05) is 6.20 Å². The Hall–Kier alpha value is -2.76. The molecule has 6 heteroatoms. The Morgan fingerprint density at radius 3 is 2.95 bits per heavy atom. The molecule has 0 saturated carbocycles. The van der Waals surface area contributed by atoms with E-state index in [0.29, 0.717) is 11.5 Å². The second-order valence-corrected chi connectivity index (χ2v) is 5.15. The molecular formula is C16H15N3O3. The van der Waals surface area contributed by atoms with Crippen molar-refractivity contribution in [1.29, 1.82) is 0 Å². The minimum absolute atomic E-state index is 0.246. The van der Waals surface area contributed by atoms with Gasteiger partial charge in [0.25, 0.3) is 0 Å². The summed E-state index contributed by atoms with van der Waals surface area (Å²) in [5, 5.41) is 0. The number of hydrogen-bond acceptors (Lipinski definition) is 5. The summed E-state index contributed by atoms with van der Waals surface area (Å²) in [5.74, 6) is 2.15. The van der Waals surface area contributed by atoms with Crippen molar-refractivity contribution in [3.8, 4) is 17.2 Å². The lowest BCUT2D eigenvalue weighted by atomic mass is 10.0. The summed E-state index contributed by atoms with van der Waals surface area (Å²) in [6.07, 6.45) is 5.27. The Kier molecular flexibility index (Phi) is 3.07. The van der Waals surface area contributed by atoms with Crippen LogP contribution in [-0.2, 0) is 12.8 Å². The van der Waals surface area contributed by atoms with Crippen LogP contribution in [0.2, 0.25) is 0 Å². The van der Waals surface area contributed by atoms with Crippen molar-refractivity contribution in [2.45, 2.75) is 12.8 Å². The maximum atomic E-state index is 5.45. The van der Waals surface area contributed by atoms with Crippen LogP contribution in [0.3, 0.4) is 0 Å². The highest BCUT2D eigenvalue weighted by molar-refractivity contribution is 5.70. The van der Waals surface area contributed by atoms with E-state index in [0.717, 1.165) is 40.9 Å². The summed E-state index contributed by atoms with van der Waals surface area (Å²) in [7, 11) is 1.64. The predicted molar refractivity (Wildman–Crippen MR) is 80.4 cm³/mol. The normalized spacial score (nSPS) is 12.8. The average molecular weight is 297 g/mol. The molecule has 1 aromatic carbocycles. The Morgan fingerprint density at radius 2 is 2.05 bits per heavy atom. The van der Waals surface area contributed by atoms with E-state index in [1.807, 2.05) is 18.3 Å². The maximum Gasteiger partial charge on any atom is 0.231 e. The van der Waals surface area contributed by atoms with Crippen LogP contribution in [0.15, 0.2) is 30.7 Å².